The lowest BCUT2D eigenvalue weighted by Crippen LogP contribution is -2.37. The molecule has 1 amide bonds. The molecule has 1 aromatic carbocycles. The lowest BCUT2D eigenvalue weighted by Gasteiger charge is -2.31. The molecule has 108 valence electrons. The zero-order valence-electron chi connectivity index (χ0n) is 11.6. The van der Waals surface area contributed by atoms with E-state index < -0.39 is 0 Å². The fourth-order valence-electron chi connectivity index (χ4n) is 2.86. The van der Waals surface area contributed by atoms with E-state index in [1.807, 2.05) is 25.1 Å². The van der Waals surface area contributed by atoms with Crippen LogP contribution in [-0.4, -0.2) is 31.3 Å². The quantitative estimate of drug-likeness (QED) is 0.856. The first-order valence-electron chi connectivity index (χ1n) is 7.05. The highest BCUT2D eigenvalue weighted by atomic mass is 16.5. The molecule has 2 aliphatic heterocycles. The van der Waals surface area contributed by atoms with E-state index in [9.17, 15) is 4.79 Å². The number of carbonyl (C=O) groups excluding carboxylic acids is 1. The number of rotatable bonds is 2. The van der Waals surface area contributed by atoms with Gasteiger partial charge in [0, 0.05) is 6.61 Å². The summed E-state index contributed by atoms with van der Waals surface area (Å²) in [6.07, 6.45) is 1.96. The molecule has 3 N–H and O–H groups in total. The number of hydrogen-bond acceptors (Lipinski definition) is 4. The molecule has 0 spiro atoms. The molecular formula is C15H20N2O3. The van der Waals surface area contributed by atoms with E-state index in [0.717, 1.165) is 25.0 Å². The number of hydrogen-bond donors (Lipinski definition) is 2. The van der Waals surface area contributed by atoms with Crippen LogP contribution in [0.4, 0.5) is 0 Å². The van der Waals surface area contributed by atoms with E-state index in [-0.39, 0.29) is 17.6 Å². The van der Waals surface area contributed by atoms with Crippen molar-refractivity contribution in [1.82, 2.24) is 5.32 Å². The van der Waals surface area contributed by atoms with Crippen LogP contribution in [0.1, 0.15) is 41.7 Å². The van der Waals surface area contributed by atoms with Crippen molar-refractivity contribution < 1.29 is 14.3 Å². The van der Waals surface area contributed by atoms with Gasteiger partial charge in [-0.15, -0.1) is 0 Å². The van der Waals surface area contributed by atoms with Gasteiger partial charge in [0.25, 0.3) is 5.91 Å². The largest absolute Gasteiger partial charge is 0.491 e. The highest BCUT2D eigenvalue weighted by Crippen LogP contribution is 2.37. The van der Waals surface area contributed by atoms with Crippen LogP contribution in [-0.2, 0) is 4.74 Å². The molecule has 0 saturated carbocycles. The summed E-state index contributed by atoms with van der Waals surface area (Å²) >= 11 is 0. The van der Waals surface area contributed by atoms with Gasteiger partial charge in [0.05, 0.1) is 23.8 Å². The van der Waals surface area contributed by atoms with Crippen molar-refractivity contribution in [2.24, 2.45) is 5.73 Å². The third-order valence-electron chi connectivity index (χ3n) is 4.16. The molecule has 1 aromatic rings. The Morgan fingerprint density at radius 1 is 1.40 bits per heavy atom. The van der Waals surface area contributed by atoms with Crippen molar-refractivity contribution in [2.75, 3.05) is 19.8 Å². The third kappa shape index (κ3) is 2.27. The Balaban J connectivity index is 1.93. The summed E-state index contributed by atoms with van der Waals surface area (Å²) in [4.78, 5) is 12.0. The Morgan fingerprint density at radius 3 is 3.00 bits per heavy atom. The molecule has 2 atom stereocenters. The monoisotopic (exact) mass is 276 g/mol. The summed E-state index contributed by atoms with van der Waals surface area (Å²) < 4.78 is 11.3. The van der Waals surface area contributed by atoms with E-state index >= 15 is 0 Å². The maximum atomic E-state index is 12.0. The van der Waals surface area contributed by atoms with Gasteiger partial charge in [-0.25, -0.2) is 0 Å². The number of amides is 1. The first-order chi connectivity index (χ1) is 9.60. The van der Waals surface area contributed by atoms with Crippen molar-refractivity contribution in [3.63, 3.8) is 0 Å². The minimum atomic E-state index is -0.351. The summed E-state index contributed by atoms with van der Waals surface area (Å²) in [5, 5.41) is 2.81. The van der Waals surface area contributed by atoms with E-state index in [4.69, 9.17) is 15.2 Å². The smallest absolute Gasteiger partial charge is 0.255 e. The van der Waals surface area contributed by atoms with Crippen LogP contribution in [0.5, 0.6) is 5.75 Å². The lowest BCUT2D eigenvalue weighted by atomic mass is 9.87. The molecule has 1 saturated heterocycles. The molecule has 0 aromatic heterocycles. The Morgan fingerprint density at radius 2 is 2.25 bits per heavy atom. The van der Waals surface area contributed by atoms with Crippen molar-refractivity contribution in [3.05, 3.63) is 29.3 Å². The van der Waals surface area contributed by atoms with Crippen molar-refractivity contribution in [1.29, 1.82) is 0 Å². The van der Waals surface area contributed by atoms with Crippen molar-refractivity contribution in [3.8, 4) is 5.75 Å². The van der Waals surface area contributed by atoms with E-state index in [1.54, 1.807) is 0 Å². The van der Waals surface area contributed by atoms with Crippen LogP contribution in [0.15, 0.2) is 18.2 Å². The second-order valence-corrected chi connectivity index (χ2v) is 5.60. The Kier molecular flexibility index (Phi) is 3.40. The van der Waals surface area contributed by atoms with Gasteiger partial charge in [0.15, 0.2) is 0 Å². The minimum Gasteiger partial charge on any atom is -0.491 e. The number of fused-ring (bicyclic) bond motifs is 1. The average Bonchev–Trinajstić information content (AvgIpc) is 2.82. The van der Waals surface area contributed by atoms with Crippen molar-refractivity contribution >= 4 is 5.91 Å². The predicted molar refractivity (Wildman–Crippen MR) is 74.8 cm³/mol. The number of benzene rings is 1. The van der Waals surface area contributed by atoms with Gasteiger partial charge in [-0.1, -0.05) is 6.07 Å². The normalized spacial score (nSPS) is 27.2. The fraction of sp³-hybridized carbons (Fsp3) is 0.533. The molecule has 0 bridgehead atoms. The molecule has 0 radical (unpaired) electrons. The molecule has 3 rings (SSSR count). The third-order valence-corrected chi connectivity index (χ3v) is 4.16. The topological polar surface area (TPSA) is 73.6 Å². The summed E-state index contributed by atoms with van der Waals surface area (Å²) in [5.41, 5.74) is 7.47. The van der Waals surface area contributed by atoms with Crippen LogP contribution in [0.25, 0.3) is 0 Å². The predicted octanol–water partition coefficient (Wildman–Crippen LogP) is 1.38. The number of nitrogens with two attached hydrogens (primary N) is 1. The first kappa shape index (κ1) is 13.4. The standard InChI is InChI=1S/C15H20N2O3/c1-15(5-2-7-20-15)13(16)10-3-4-12-11(9-10)14(18)17-6-8-19-12/h3-4,9,13H,2,5-8,16H2,1H3,(H,17,18). The molecule has 20 heavy (non-hydrogen) atoms. The summed E-state index contributed by atoms with van der Waals surface area (Å²) in [5.74, 6) is 0.512. The molecule has 0 aliphatic carbocycles. The molecule has 2 unspecified atom stereocenters. The molecule has 2 aliphatic rings. The van der Waals surface area contributed by atoms with Crippen LogP contribution in [0, 0.1) is 0 Å². The maximum Gasteiger partial charge on any atom is 0.255 e. The zero-order chi connectivity index (χ0) is 14.2. The SMILES string of the molecule is CC1(C(N)c2ccc3c(c2)C(=O)NCCO3)CCCO1. The average molecular weight is 276 g/mol. The summed E-state index contributed by atoms with van der Waals surface area (Å²) in [6.45, 7) is 3.80. The zero-order valence-corrected chi connectivity index (χ0v) is 11.6. The second kappa shape index (κ2) is 5.07. The molecular weight excluding hydrogens is 256 g/mol. The second-order valence-electron chi connectivity index (χ2n) is 5.60. The molecule has 5 nitrogen and oxygen atoms in total. The minimum absolute atomic E-state index is 0.107. The van der Waals surface area contributed by atoms with E-state index in [1.165, 1.54) is 0 Å². The Hall–Kier alpha value is -1.59. The van der Waals surface area contributed by atoms with Gasteiger partial charge >= 0.3 is 0 Å². The van der Waals surface area contributed by atoms with Crippen LogP contribution in [0.2, 0.25) is 0 Å². The van der Waals surface area contributed by atoms with Gasteiger partial charge in [-0.3, -0.25) is 4.79 Å². The maximum absolute atomic E-state index is 12.0. The number of nitrogens with one attached hydrogen (secondary N) is 1. The highest BCUT2D eigenvalue weighted by Gasteiger charge is 2.37. The molecule has 1 fully saturated rings. The van der Waals surface area contributed by atoms with Gasteiger partial charge in [0.2, 0.25) is 0 Å². The highest BCUT2D eigenvalue weighted by molar-refractivity contribution is 5.97. The Bertz CT molecular complexity index is 524. The van der Waals surface area contributed by atoms with Gasteiger partial charge in [0.1, 0.15) is 12.4 Å². The van der Waals surface area contributed by atoms with Gasteiger partial charge in [-0.2, -0.15) is 0 Å². The summed E-state index contributed by atoms with van der Waals surface area (Å²) in [7, 11) is 0. The molecule has 2 heterocycles. The van der Waals surface area contributed by atoms with Crippen LogP contribution in [0.3, 0.4) is 0 Å². The number of carbonyl (C=O) groups is 1. The van der Waals surface area contributed by atoms with E-state index in [0.29, 0.717) is 24.5 Å². The number of ether oxygens (including phenoxy) is 2. The van der Waals surface area contributed by atoms with Gasteiger partial charge in [-0.05, 0) is 37.5 Å². The van der Waals surface area contributed by atoms with E-state index in [2.05, 4.69) is 5.32 Å². The van der Waals surface area contributed by atoms with Crippen molar-refractivity contribution in [2.45, 2.75) is 31.4 Å². The summed E-state index contributed by atoms with van der Waals surface area (Å²) in [6, 6.07) is 5.34. The molecule has 5 heteroatoms. The first-order valence-corrected chi connectivity index (χ1v) is 7.05. The van der Waals surface area contributed by atoms with Gasteiger partial charge < -0.3 is 20.5 Å². The fourth-order valence-corrected chi connectivity index (χ4v) is 2.86. The lowest BCUT2D eigenvalue weighted by molar-refractivity contribution is -0.00176. The van der Waals surface area contributed by atoms with Crippen LogP contribution >= 0.6 is 0 Å². The van der Waals surface area contributed by atoms with Crippen LogP contribution < -0.4 is 15.8 Å². The Labute approximate surface area is 118 Å².